The van der Waals surface area contributed by atoms with Crippen molar-refractivity contribution in [2.45, 2.75) is 18.9 Å². The summed E-state index contributed by atoms with van der Waals surface area (Å²) in [4.78, 5) is 16.3. The van der Waals surface area contributed by atoms with Crippen LogP contribution in [0.4, 0.5) is 11.4 Å². The van der Waals surface area contributed by atoms with Crippen molar-refractivity contribution in [2.75, 3.05) is 63.8 Å². The van der Waals surface area contributed by atoms with Crippen LogP contribution in [-0.4, -0.2) is 59.5 Å². The Morgan fingerprint density at radius 2 is 1.90 bits per heavy atom. The Hall–Kier alpha value is -2.77. The normalized spacial score (nSPS) is 21.0. The standard InChI is InChI=1S/C24H31N3O4/c1-29-20-9-10-21(23(16-20)30-2)22-4-3-11-27(22)17-24(28)25-18-5-7-19(8-6-18)26-12-14-31-15-13-26/h5-10,16,22H,3-4,11-15,17H2,1-2H3,(H,25,28)/p+1/t22-/m1/s1. The van der Waals surface area contributed by atoms with E-state index in [1.807, 2.05) is 24.3 Å². The zero-order valence-corrected chi connectivity index (χ0v) is 18.4. The molecule has 7 heteroatoms. The van der Waals surface area contributed by atoms with Crippen molar-refractivity contribution in [1.82, 2.24) is 0 Å². The Kier molecular flexibility index (Phi) is 6.94. The van der Waals surface area contributed by atoms with E-state index in [1.165, 1.54) is 4.90 Å². The number of rotatable bonds is 7. The number of methoxy groups -OCH3 is 2. The molecule has 2 aliphatic heterocycles. The van der Waals surface area contributed by atoms with Gasteiger partial charge in [0.15, 0.2) is 6.54 Å². The number of amides is 1. The average Bonchev–Trinajstić information content (AvgIpc) is 3.27. The number of likely N-dealkylation sites (tertiary alicyclic amines) is 1. The second kappa shape index (κ2) is 10.0. The van der Waals surface area contributed by atoms with E-state index in [4.69, 9.17) is 14.2 Å². The monoisotopic (exact) mass is 426 g/mol. The third-order valence-corrected chi connectivity index (χ3v) is 6.21. The van der Waals surface area contributed by atoms with Crippen LogP contribution in [-0.2, 0) is 9.53 Å². The van der Waals surface area contributed by atoms with Gasteiger partial charge < -0.3 is 29.3 Å². The van der Waals surface area contributed by atoms with Crippen LogP contribution in [0.1, 0.15) is 24.4 Å². The predicted molar refractivity (Wildman–Crippen MR) is 120 cm³/mol. The van der Waals surface area contributed by atoms with Gasteiger partial charge >= 0.3 is 0 Å². The summed E-state index contributed by atoms with van der Waals surface area (Å²) < 4.78 is 16.3. The largest absolute Gasteiger partial charge is 0.497 e. The van der Waals surface area contributed by atoms with Crippen LogP contribution in [0.25, 0.3) is 0 Å². The second-order valence-corrected chi connectivity index (χ2v) is 8.08. The highest BCUT2D eigenvalue weighted by molar-refractivity contribution is 5.91. The molecule has 2 N–H and O–H groups in total. The number of anilines is 2. The van der Waals surface area contributed by atoms with Crippen LogP contribution < -0.4 is 24.6 Å². The average molecular weight is 427 g/mol. The van der Waals surface area contributed by atoms with E-state index in [1.54, 1.807) is 14.2 Å². The molecule has 2 aromatic carbocycles. The van der Waals surface area contributed by atoms with Crippen LogP contribution in [0.3, 0.4) is 0 Å². The maximum absolute atomic E-state index is 12.8. The van der Waals surface area contributed by atoms with Gasteiger partial charge in [0.05, 0.1) is 39.5 Å². The fourth-order valence-electron chi connectivity index (χ4n) is 4.59. The topological polar surface area (TPSA) is 64.5 Å². The van der Waals surface area contributed by atoms with Crippen molar-refractivity contribution in [3.8, 4) is 11.5 Å². The van der Waals surface area contributed by atoms with Crippen LogP contribution in [0, 0.1) is 0 Å². The summed E-state index contributed by atoms with van der Waals surface area (Å²) in [6.07, 6.45) is 2.14. The predicted octanol–water partition coefficient (Wildman–Crippen LogP) is 1.90. The molecule has 7 nitrogen and oxygen atoms in total. The number of carbonyl (C=O) groups is 1. The number of hydrogen-bond donors (Lipinski definition) is 2. The van der Waals surface area contributed by atoms with Gasteiger partial charge in [-0.25, -0.2) is 0 Å². The Labute approximate surface area is 183 Å². The van der Waals surface area contributed by atoms with Crippen LogP contribution in [0.2, 0.25) is 0 Å². The number of morpholine rings is 1. The number of nitrogens with one attached hydrogen (secondary N) is 2. The lowest BCUT2D eigenvalue weighted by Gasteiger charge is -2.29. The van der Waals surface area contributed by atoms with Gasteiger partial charge in [0.1, 0.15) is 17.5 Å². The minimum atomic E-state index is 0.0356. The molecule has 2 atom stereocenters. The number of hydrogen-bond acceptors (Lipinski definition) is 5. The van der Waals surface area contributed by atoms with Gasteiger partial charge in [-0.3, -0.25) is 4.79 Å². The van der Waals surface area contributed by atoms with Crippen molar-refractivity contribution in [3.05, 3.63) is 48.0 Å². The Morgan fingerprint density at radius 1 is 1.13 bits per heavy atom. The van der Waals surface area contributed by atoms with Gasteiger partial charge in [-0.15, -0.1) is 0 Å². The second-order valence-electron chi connectivity index (χ2n) is 8.08. The first kappa shape index (κ1) is 21.5. The van der Waals surface area contributed by atoms with Gasteiger partial charge in [0.25, 0.3) is 5.91 Å². The first-order chi connectivity index (χ1) is 15.2. The van der Waals surface area contributed by atoms with Crippen LogP contribution in [0.5, 0.6) is 11.5 Å². The quantitative estimate of drug-likeness (QED) is 0.708. The first-order valence-electron chi connectivity index (χ1n) is 11.0. The Balaban J connectivity index is 1.38. The number of carbonyl (C=O) groups excluding carboxylic acids is 1. The fourth-order valence-corrected chi connectivity index (χ4v) is 4.59. The van der Waals surface area contributed by atoms with Crippen LogP contribution >= 0.6 is 0 Å². The lowest BCUT2D eigenvalue weighted by molar-refractivity contribution is -0.910. The molecule has 31 heavy (non-hydrogen) atoms. The molecule has 2 heterocycles. The van der Waals surface area contributed by atoms with E-state index < -0.39 is 0 Å². The van der Waals surface area contributed by atoms with Gasteiger partial charge in [0, 0.05) is 43.4 Å². The van der Waals surface area contributed by atoms with Gasteiger partial charge in [-0.2, -0.15) is 0 Å². The third kappa shape index (κ3) is 5.11. The van der Waals surface area contributed by atoms with Gasteiger partial charge in [-0.1, -0.05) is 0 Å². The molecule has 0 bridgehead atoms. The van der Waals surface area contributed by atoms with Crippen LogP contribution in [0.15, 0.2) is 42.5 Å². The molecule has 0 aromatic heterocycles. The molecular formula is C24H32N3O4+. The van der Waals surface area contributed by atoms with E-state index in [0.717, 1.165) is 74.1 Å². The lowest BCUT2D eigenvalue weighted by Crippen LogP contribution is -3.11. The summed E-state index contributed by atoms with van der Waals surface area (Å²) >= 11 is 0. The molecular weight excluding hydrogens is 394 g/mol. The van der Waals surface area contributed by atoms with Crippen molar-refractivity contribution >= 4 is 17.3 Å². The van der Waals surface area contributed by atoms with E-state index in [0.29, 0.717) is 6.54 Å². The first-order valence-corrected chi connectivity index (χ1v) is 11.0. The summed E-state index contributed by atoms with van der Waals surface area (Å²) in [6.45, 7) is 4.74. The maximum Gasteiger partial charge on any atom is 0.279 e. The van der Waals surface area contributed by atoms with E-state index in [2.05, 4.69) is 28.4 Å². The lowest BCUT2D eigenvalue weighted by atomic mass is 10.0. The fraction of sp³-hybridized carbons (Fsp3) is 0.458. The number of quaternary nitrogens is 1. The highest BCUT2D eigenvalue weighted by atomic mass is 16.5. The molecule has 1 unspecified atom stereocenters. The van der Waals surface area contributed by atoms with Gasteiger partial charge in [-0.05, 0) is 36.4 Å². The zero-order valence-electron chi connectivity index (χ0n) is 18.4. The number of benzene rings is 2. The molecule has 4 rings (SSSR count). The van der Waals surface area contributed by atoms with Crippen molar-refractivity contribution < 1.29 is 23.9 Å². The summed E-state index contributed by atoms with van der Waals surface area (Å²) in [7, 11) is 3.33. The van der Waals surface area contributed by atoms with Crippen molar-refractivity contribution in [1.29, 1.82) is 0 Å². The van der Waals surface area contributed by atoms with Crippen molar-refractivity contribution in [2.24, 2.45) is 0 Å². The Morgan fingerprint density at radius 3 is 2.61 bits per heavy atom. The number of ether oxygens (including phenoxy) is 3. The molecule has 2 aliphatic rings. The van der Waals surface area contributed by atoms with Crippen molar-refractivity contribution in [3.63, 3.8) is 0 Å². The molecule has 2 saturated heterocycles. The highest BCUT2D eigenvalue weighted by Gasteiger charge is 2.33. The molecule has 0 radical (unpaired) electrons. The van der Waals surface area contributed by atoms with Gasteiger partial charge in [0.2, 0.25) is 0 Å². The SMILES string of the molecule is COc1ccc([C@H]2CCC[NH+]2CC(=O)Nc2ccc(N3CCOCC3)cc2)c(OC)c1. The molecule has 0 spiro atoms. The maximum atomic E-state index is 12.8. The van der Waals surface area contributed by atoms with E-state index >= 15 is 0 Å². The summed E-state index contributed by atoms with van der Waals surface area (Å²) in [6, 6.07) is 14.3. The Bertz CT molecular complexity index is 881. The molecule has 2 aromatic rings. The third-order valence-electron chi connectivity index (χ3n) is 6.21. The highest BCUT2D eigenvalue weighted by Crippen LogP contribution is 2.31. The molecule has 0 saturated carbocycles. The minimum absolute atomic E-state index is 0.0356. The molecule has 2 fully saturated rings. The minimum Gasteiger partial charge on any atom is -0.497 e. The summed E-state index contributed by atoms with van der Waals surface area (Å²) in [5.74, 6) is 1.63. The summed E-state index contributed by atoms with van der Waals surface area (Å²) in [5, 5.41) is 3.06. The van der Waals surface area contributed by atoms with E-state index in [9.17, 15) is 4.79 Å². The van der Waals surface area contributed by atoms with E-state index in [-0.39, 0.29) is 11.9 Å². The summed E-state index contributed by atoms with van der Waals surface area (Å²) in [5.41, 5.74) is 3.13. The molecule has 166 valence electrons. The molecule has 0 aliphatic carbocycles. The number of nitrogens with zero attached hydrogens (tertiary/aromatic N) is 1. The smallest absolute Gasteiger partial charge is 0.279 e. The zero-order chi connectivity index (χ0) is 21.6. The molecule has 1 amide bonds.